The van der Waals surface area contributed by atoms with E-state index in [4.69, 9.17) is 15.2 Å². The maximum Gasteiger partial charge on any atom is 0.323 e. The van der Waals surface area contributed by atoms with Crippen molar-refractivity contribution in [2.24, 2.45) is 11.7 Å². The van der Waals surface area contributed by atoms with Crippen LogP contribution in [-0.2, 0) is 20.7 Å². The summed E-state index contributed by atoms with van der Waals surface area (Å²) in [7, 11) is 0. The van der Waals surface area contributed by atoms with E-state index < -0.39 is 6.04 Å². The molecular weight excluding hydrogens is 290 g/mol. The number of esters is 1. The highest BCUT2D eigenvalue weighted by Gasteiger charge is 2.33. The fourth-order valence-corrected chi connectivity index (χ4v) is 3.13. The van der Waals surface area contributed by atoms with E-state index in [1.165, 1.54) is 5.56 Å². The summed E-state index contributed by atoms with van der Waals surface area (Å²) in [4.78, 5) is 12.0. The molecule has 23 heavy (non-hydrogen) atoms. The van der Waals surface area contributed by atoms with E-state index in [1.807, 2.05) is 25.1 Å². The third-order valence-electron chi connectivity index (χ3n) is 4.60. The molecule has 1 aliphatic rings. The number of benzene rings is 1. The van der Waals surface area contributed by atoms with Gasteiger partial charge in [0, 0.05) is 12.5 Å². The number of nitrogens with two attached hydrogens (primary N) is 1. The van der Waals surface area contributed by atoms with Gasteiger partial charge in [0.05, 0.1) is 6.10 Å². The molecule has 4 heteroatoms. The molecule has 0 aromatic heterocycles. The average molecular weight is 319 g/mol. The lowest BCUT2D eigenvalue weighted by Crippen LogP contribution is -2.38. The summed E-state index contributed by atoms with van der Waals surface area (Å²) in [6.45, 7) is 4.66. The summed E-state index contributed by atoms with van der Waals surface area (Å²) in [6, 6.07) is 9.74. The first-order valence-electron chi connectivity index (χ1n) is 8.73. The third-order valence-corrected chi connectivity index (χ3v) is 4.60. The van der Waals surface area contributed by atoms with Crippen LogP contribution in [0.25, 0.3) is 0 Å². The summed E-state index contributed by atoms with van der Waals surface area (Å²) < 4.78 is 11.8. The van der Waals surface area contributed by atoms with Crippen molar-refractivity contribution in [2.75, 3.05) is 6.61 Å². The van der Waals surface area contributed by atoms with Crippen LogP contribution < -0.4 is 5.73 Å². The second kappa shape index (κ2) is 9.04. The van der Waals surface area contributed by atoms with Gasteiger partial charge in [-0.3, -0.25) is 4.79 Å². The quantitative estimate of drug-likeness (QED) is 0.847. The second-order valence-corrected chi connectivity index (χ2v) is 6.44. The Morgan fingerprint density at radius 1 is 1.26 bits per heavy atom. The van der Waals surface area contributed by atoms with Crippen molar-refractivity contribution in [1.82, 2.24) is 0 Å². The first-order chi connectivity index (χ1) is 11.1. The Morgan fingerprint density at radius 3 is 2.70 bits per heavy atom. The van der Waals surface area contributed by atoms with Crippen LogP contribution in [0.3, 0.4) is 0 Å². The largest absolute Gasteiger partial charge is 0.461 e. The van der Waals surface area contributed by atoms with Crippen LogP contribution in [0.2, 0.25) is 0 Å². The molecule has 0 amide bonds. The number of unbranched alkanes of at least 4 members (excludes halogenated alkanes) is 1. The highest BCUT2D eigenvalue weighted by atomic mass is 16.5. The van der Waals surface area contributed by atoms with Crippen molar-refractivity contribution < 1.29 is 14.3 Å². The van der Waals surface area contributed by atoms with E-state index in [9.17, 15) is 4.79 Å². The zero-order chi connectivity index (χ0) is 16.7. The summed E-state index contributed by atoms with van der Waals surface area (Å²) in [5.74, 6) is -0.159. The van der Waals surface area contributed by atoms with Crippen molar-refractivity contribution in [3.8, 4) is 0 Å². The summed E-state index contributed by atoms with van der Waals surface area (Å²) >= 11 is 0. The van der Waals surface area contributed by atoms with Crippen molar-refractivity contribution in [3.05, 3.63) is 35.9 Å². The van der Waals surface area contributed by atoms with Crippen LogP contribution in [-0.4, -0.2) is 30.8 Å². The van der Waals surface area contributed by atoms with E-state index in [1.54, 1.807) is 0 Å². The molecule has 0 radical (unpaired) electrons. The van der Waals surface area contributed by atoms with Gasteiger partial charge < -0.3 is 15.2 Å². The molecule has 4 nitrogen and oxygen atoms in total. The lowest BCUT2D eigenvalue weighted by molar-refractivity contribution is -0.153. The average Bonchev–Trinajstić information content (AvgIpc) is 2.60. The number of hydrogen-bond donors (Lipinski definition) is 1. The fraction of sp³-hybridized carbons (Fsp3) is 0.632. The zero-order valence-corrected chi connectivity index (χ0v) is 14.2. The maximum absolute atomic E-state index is 12.0. The topological polar surface area (TPSA) is 61.5 Å². The van der Waals surface area contributed by atoms with Gasteiger partial charge in [0.1, 0.15) is 12.1 Å². The van der Waals surface area contributed by atoms with E-state index >= 15 is 0 Å². The monoisotopic (exact) mass is 319 g/mol. The molecule has 1 aliphatic heterocycles. The predicted octanol–water partition coefficient (Wildman–Crippen LogP) is 3.08. The molecule has 1 aromatic carbocycles. The van der Waals surface area contributed by atoms with Gasteiger partial charge in [-0.1, -0.05) is 50.1 Å². The number of rotatable bonds is 5. The molecule has 128 valence electrons. The Labute approximate surface area is 139 Å². The number of ether oxygens (including phenoxy) is 2. The minimum atomic E-state index is -0.584. The lowest BCUT2D eigenvalue weighted by atomic mass is 9.87. The molecule has 1 aromatic rings. The SMILES string of the molecule is CCCC[C@H]1OCC[C@H](N)C(=O)O[C@@H](C)[C@@H]1Cc1ccccc1. The van der Waals surface area contributed by atoms with Crippen LogP contribution in [0.15, 0.2) is 30.3 Å². The molecule has 1 heterocycles. The Kier molecular flexibility index (Phi) is 7.06. The van der Waals surface area contributed by atoms with Crippen LogP contribution in [0.1, 0.15) is 45.1 Å². The summed E-state index contributed by atoms with van der Waals surface area (Å²) in [5.41, 5.74) is 7.11. The number of hydrogen-bond acceptors (Lipinski definition) is 4. The van der Waals surface area contributed by atoms with Crippen molar-refractivity contribution in [3.63, 3.8) is 0 Å². The molecule has 2 rings (SSSR count). The molecule has 1 fully saturated rings. The molecular formula is C19H29NO3. The molecule has 1 saturated heterocycles. The minimum absolute atomic E-state index is 0.100. The molecule has 0 spiro atoms. The molecule has 0 unspecified atom stereocenters. The van der Waals surface area contributed by atoms with Gasteiger partial charge in [-0.15, -0.1) is 0 Å². The lowest BCUT2D eigenvalue weighted by Gasteiger charge is -2.31. The number of carbonyl (C=O) groups is 1. The van der Waals surface area contributed by atoms with Gasteiger partial charge in [-0.25, -0.2) is 0 Å². The van der Waals surface area contributed by atoms with Gasteiger partial charge in [0.15, 0.2) is 0 Å². The van der Waals surface area contributed by atoms with E-state index in [2.05, 4.69) is 19.1 Å². The fourth-order valence-electron chi connectivity index (χ4n) is 3.13. The zero-order valence-electron chi connectivity index (χ0n) is 14.2. The molecule has 0 bridgehead atoms. The first kappa shape index (κ1) is 18.0. The molecule has 0 aliphatic carbocycles. The Hall–Kier alpha value is -1.39. The normalized spacial score (nSPS) is 29.3. The molecule has 0 saturated carbocycles. The van der Waals surface area contributed by atoms with Crippen molar-refractivity contribution >= 4 is 5.97 Å². The van der Waals surface area contributed by atoms with Gasteiger partial charge in [0.25, 0.3) is 0 Å². The smallest absolute Gasteiger partial charge is 0.323 e. The maximum atomic E-state index is 12.0. The van der Waals surface area contributed by atoms with E-state index in [-0.39, 0.29) is 24.1 Å². The third kappa shape index (κ3) is 5.33. The Bertz CT molecular complexity index is 477. The standard InChI is InChI=1S/C19H29NO3/c1-3-4-10-18-16(13-15-8-6-5-7-9-15)14(2)23-19(21)17(20)11-12-22-18/h5-9,14,16-18H,3-4,10-13,20H2,1-2H3/t14-,16-,17-,18+/m0/s1. The van der Waals surface area contributed by atoms with E-state index in [0.29, 0.717) is 13.0 Å². The second-order valence-electron chi connectivity index (χ2n) is 6.44. The van der Waals surface area contributed by atoms with Gasteiger partial charge in [-0.05, 0) is 31.7 Å². The highest BCUT2D eigenvalue weighted by molar-refractivity contribution is 5.75. The van der Waals surface area contributed by atoms with Crippen LogP contribution in [0.5, 0.6) is 0 Å². The highest BCUT2D eigenvalue weighted by Crippen LogP contribution is 2.26. The minimum Gasteiger partial charge on any atom is -0.461 e. The van der Waals surface area contributed by atoms with Gasteiger partial charge >= 0.3 is 5.97 Å². The number of carbonyl (C=O) groups excluding carboxylic acids is 1. The first-order valence-corrected chi connectivity index (χ1v) is 8.73. The molecule has 4 atom stereocenters. The van der Waals surface area contributed by atoms with Crippen LogP contribution >= 0.6 is 0 Å². The van der Waals surface area contributed by atoms with Crippen molar-refractivity contribution in [2.45, 2.75) is 64.2 Å². The van der Waals surface area contributed by atoms with E-state index in [0.717, 1.165) is 25.7 Å². The van der Waals surface area contributed by atoms with Gasteiger partial charge in [0.2, 0.25) is 0 Å². The Balaban J connectivity index is 2.18. The summed E-state index contributed by atoms with van der Waals surface area (Å²) in [6.07, 6.45) is 4.50. The van der Waals surface area contributed by atoms with Gasteiger partial charge in [-0.2, -0.15) is 0 Å². The molecule has 2 N–H and O–H groups in total. The van der Waals surface area contributed by atoms with Crippen LogP contribution in [0.4, 0.5) is 0 Å². The Morgan fingerprint density at radius 2 is 2.00 bits per heavy atom. The van der Waals surface area contributed by atoms with Crippen LogP contribution in [0, 0.1) is 5.92 Å². The summed E-state index contributed by atoms with van der Waals surface area (Å²) in [5, 5.41) is 0. The van der Waals surface area contributed by atoms with Crippen molar-refractivity contribution in [1.29, 1.82) is 0 Å². The predicted molar refractivity (Wildman–Crippen MR) is 91.0 cm³/mol. The number of cyclic esters (lactones) is 1.